The topological polar surface area (TPSA) is 36.9 Å². The third-order valence-electron chi connectivity index (χ3n) is 15.9. The average molecular weight is 1100 g/mol. The molecule has 0 saturated carbocycles. The van der Waals surface area contributed by atoms with E-state index in [1.807, 2.05) is 0 Å². The standard InChI is InChI=1S/C65H124O4S4/c1-9-17-25-29-41-57(37-21-13-5)45-33-49-61(70)66-53-65(54-67-62(71)50-34-46-58(38-22-14-6)42-30-26-18-10-2,55-68-63(72)51-35-47-59(39-23-15-7)43-31-27-19-11-3)56-69-64(73)52-36-48-60(40-24-16-8)44-32-28-20-12-4/h57-60H,9-56H2,1-8H3. The van der Waals surface area contributed by atoms with Crippen LogP contribution in [0.4, 0.5) is 0 Å². The van der Waals surface area contributed by atoms with Crippen molar-refractivity contribution in [3.05, 3.63) is 0 Å². The molecule has 0 N–H and O–H groups in total. The predicted molar refractivity (Wildman–Crippen MR) is 339 cm³/mol. The van der Waals surface area contributed by atoms with Gasteiger partial charge >= 0.3 is 0 Å². The molecule has 432 valence electrons. The van der Waals surface area contributed by atoms with Gasteiger partial charge < -0.3 is 18.9 Å². The lowest BCUT2D eigenvalue weighted by Crippen LogP contribution is -2.43. The molecular formula is C65H124O4S4. The van der Waals surface area contributed by atoms with Crippen molar-refractivity contribution in [1.82, 2.24) is 0 Å². The van der Waals surface area contributed by atoms with Crippen molar-refractivity contribution < 1.29 is 18.9 Å². The first-order chi connectivity index (χ1) is 35.5. The van der Waals surface area contributed by atoms with E-state index >= 15 is 0 Å². The maximum atomic E-state index is 6.66. The van der Waals surface area contributed by atoms with E-state index in [9.17, 15) is 0 Å². The Hall–Kier alpha value is -0.440. The van der Waals surface area contributed by atoms with Gasteiger partial charge in [-0.15, -0.1) is 0 Å². The Kier molecular flexibility index (Phi) is 53.2. The Labute approximate surface area is 478 Å². The lowest BCUT2D eigenvalue weighted by Gasteiger charge is -2.33. The third kappa shape index (κ3) is 45.2. The zero-order valence-electron chi connectivity index (χ0n) is 50.0. The molecule has 0 aromatic heterocycles. The Bertz CT molecular complexity index is 1070. The summed E-state index contributed by atoms with van der Waals surface area (Å²) >= 11 is 24.2. The summed E-state index contributed by atoms with van der Waals surface area (Å²) in [6.45, 7) is 19.7. The van der Waals surface area contributed by atoms with Gasteiger partial charge in [0.05, 0.1) is 0 Å². The summed E-state index contributed by atoms with van der Waals surface area (Å²) < 4.78 is 26.6. The van der Waals surface area contributed by atoms with Gasteiger partial charge in [-0.1, -0.05) is 261 Å². The smallest absolute Gasteiger partial charge is 0.159 e. The first kappa shape index (κ1) is 72.6. The maximum Gasteiger partial charge on any atom is 0.159 e. The summed E-state index contributed by atoms with van der Waals surface area (Å²) in [6.07, 6.45) is 54.3. The number of rotatable bonds is 56. The van der Waals surface area contributed by atoms with Crippen LogP contribution in [0.1, 0.15) is 338 Å². The van der Waals surface area contributed by atoms with Gasteiger partial charge in [0.2, 0.25) is 0 Å². The SMILES string of the molecule is CCCCCCC(CCCC)CCCC(=S)OCC(COC(=S)CCCC(CCCC)CCCCCC)(COC(=S)CCCC(CCCC)CCCCCC)COC(=S)CCCC(CCCC)CCCCCC. The van der Waals surface area contributed by atoms with E-state index in [2.05, 4.69) is 55.4 Å². The molecule has 8 heteroatoms. The first-order valence-corrected chi connectivity index (χ1v) is 33.8. The van der Waals surface area contributed by atoms with E-state index in [1.54, 1.807) is 0 Å². The molecule has 0 spiro atoms. The van der Waals surface area contributed by atoms with Crippen molar-refractivity contribution in [2.24, 2.45) is 29.1 Å². The van der Waals surface area contributed by atoms with Crippen LogP contribution >= 0.6 is 48.9 Å². The summed E-state index contributed by atoms with van der Waals surface area (Å²) in [5, 5.41) is 2.68. The molecular weight excluding hydrogens is 973 g/mol. The Morgan fingerprint density at radius 1 is 0.247 bits per heavy atom. The molecule has 4 nitrogen and oxygen atoms in total. The van der Waals surface area contributed by atoms with Gasteiger partial charge in [0.25, 0.3) is 0 Å². The molecule has 0 bridgehead atoms. The molecule has 0 aliphatic carbocycles. The molecule has 0 radical (unpaired) electrons. The van der Waals surface area contributed by atoms with Crippen molar-refractivity contribution >= 4 is 69.1 Å². The fourth-order valence-electron chi connectivity index (χ4n) is 10.8. The number of hydrogen-bond acceptors (Lipinski definition) is 8. The van der Waals surface area contributed by atoms with Gasteiger partial charge in [0.15, 0.2) is 20.2 Å². The summed E-state index contributed by atoms with van der Waals surface area (Å²) in [5.41, 5.74) is -0.694. The van der Waals surface area contributed by atoms with Gasteiger partial charge in [-0.2, -0.15) is 0 Å². The van der Waals surface area contributed by atoms with Crippen LogP contribution in [0.25, 0.3) is 0 Å². The lowest BCUT2D eigenvalue weighted by atomic mass is 9.90. The number of unbranched alkanes of at least 4 members (excludes halogenated alkanes) is 16. The van der Waals surface area contributed by atoms with E-state index < -0.39 is 5.41 Å². The summed E-state index contributed by atoms with van der Waals surface area (Å²) in [4.78, 5) is 0. The first-order valence-electron chi connectivity index (χ1n) is 32.2. The molecule has 0 rings (SSSR count). The van der Waals surface area contributed by atoms with Gasteiger partial charge in [-0.05, 0) is 124 Å². The number of thiocarbonyl (C=S) groups is 4. The van der Waals surface area contributed by atoms with Crippen LogP contribution in [0.2, 0.25) is 0 Å². The Morgan fingerprint density at radius 3 is 0.616 bits per heavy atom. The quantitative estimate of drug-likeness (QED) is 0.0441. The number of hydrogen-bond donors (Lipinski definition) is 0. The zero-order chi connectivity index (χ0) is 53.9. The minimum Gasteiger partial charge on any atom is -0.486 e. The second kappa shape index (κ2) is 53.6. The van der Waals surface area contributed by atoms with Crippen LogP contribution in [-0.4, -0.2) is 46.6 Å². The van der Waals surface area contributed by atoms with Gasteiger partial charge in [0, 0.05) is 25.7 Å². The van der Waals surface area contributed by atoms with Crippen LogP contribution < -0.4 is 0 Å². The normalized spacial score (nSPS) is 14.0. The highest BCUT2D eigenvalue weighted by atomic mass is 32.1. The molecule has 73 heavy (non-hydrogen) atoms. The Balaban J connectivity index is 6.36. The van der Waals surface area contributed by atoms with Crippen LogP contribution in [0.15, 0.2) is 0 Å². The summed E-state index contributed by atoms with van der Waals surface area (Å²) in [5.74, 6) is 3.08. The Morgan fingerprint density at radius 2 is 0.425 bits per heavy atom. The second-order valence-corrected chi connectivity index (χ2v) is 25.0. The maximum absolute atomic E-state index is 6.66. The second-order valence-electron chi connectivity index (χ2n) is 23.1. The van der Waals surface area contributed by atoms with Crippen LogP contribution in [0.5, 0.6) is 0 Å². The highest BCUT2D eigenvalue weighted by Crippen LogP contribution is 2.29. The number of ether oxygens (including phenoxy) is 4. The minimum absolute atomic E-state index is 0.320. The molecule has 0 aliphatic rings. The summed E-state index contributed by atoms with van der Waals surface area (Å²) in [6, 6.07) is 0. The molecule has 0 heterocycles. The average Bonchev–Trinajstić information content (AvgIpc) is 3.39. The monoisotopic (exact) mass is 1100 g/mol. The van der Waals surface area contributed by atoms with E-state index in [0.717, 1.165) is 75.0 Å². The molecule has 0 saturated heterocycles. The molecule has 0 aromatic carbocycles. The molecule has 0 aliphatic heterocycles. The van der Waals surface area contributed by atoms with Crippen LogP contribution in [0, 0.1) is 29.1 Å². The molecule has 4 unspecified atom stereocenters. The zero-order valence-corrected chi connectivity index (χ0v) is 53.3. The van der Waals surface area contributed by atoms with Crippen molar-refractivity contribution in [2.45, 2.75) is 338 Å². The molecule has 0 fully saturated rings. The van der Waals surface area contributed by atoms with Crippen molar-refractivity contribution in [3.8, 4) is 0 Å². The van der Waals surface area contributed by atoms with Crippen molar-refractivity contribution in [3.63, 3.8) is 0 Å². The van der Waals surface area contributed by atoms with E-state index in [0.29, 0.717) is 46.6 Å². The van der Waals surface area contributed by atoms with Crippen molar-refractivity contribution in [1.29, 1.82) is 0 Å². The minimum atomic E-state index is -0.694. The summed E-state index contributed by atoms with van der Waals surface area (Å²) in [7, 11) is 0. The van der Waals surface area contributed by atoms with Gasteiger partial charge in [-0.25, -0.2) is 0 Å². The van der Waals surface area contributed by atoms with Crippen molar-refractivity contribution in [2.75, 3.05) is 26.4 Å². The molecule has 0 aromatic rings. The van der Waals surface area contributed by atoms with E-state index in [1.165, 1.54) is 231 Å². The van der Waals surface area contributed by atoms with E-state index in [4.69, 9.17) is 67.8 Å². The van der Waals surface area contributed by atoms with Gasteiger partial charge in [0.1, 0.15) is 31.8 Å². The van der Waals surface area contributed by atoms with Crippen LogP contribution in [0.3, 0.4) is 0 Å². The van der Waals surface area contributed by atoms with Gasteiger partial charge in [-0.3, -0.25) is 0 Å². The molecule has 4 atom stereocenters. The highest BCUT2D eigenvalue weighted by Gasteiger charge is 2.37. The lowest BCUT2D eigenvalue weighted by molar-refractivity contribution is -0.0163. The highest BCUT2D eigenvalue weighted by molar-refractivity contribution is 7.80. The van der Waals surface area contributed by atoms with E-state index in [-0.39, 0.29) is 0 Å². The predicted octanol–water partition coefficient (Wildman–Crippen LogP) is 23.1. The molecule has 0 amide bonds. The largest absolute Gasteiger partial charge is 0.486 e. The fraction of sp³-hybridized carbons (Fsp3) is 0.938. The van der Waals surface area contributed by atoms with Crippen LogP contribution in [-0.2, 0) is 18.9 Å². The fourth-order valence-corrected chi connectivity index (χ4v) is 11.6. The third-order valence-corrected chi connectivity index (χ3v) is 17.1.